The Balaban J connectivity index is 2.42. The van der Waals surface area contributed by atoms with Crippen LogP contribution in [0.2, 0.25) is 0 Å². The van der Waals surface area contributed by atoms with Gasteiger partial charge in [0.05, 0.1) is 11.8 Å². The summed E-state index contributed by atoms with van der Waals surface area (Å²) < 4.78 is 13.2. The molecule has 1 rings (SSSR count). The molecule has 0 saturated heterocycles. The summed E-state index contributed by atoms with van der Waals surface area (Å²) in [5.41, 5.74) is 0.523. The van der Waals surface area contributed by atoms with Crippen LogP contribution in [0.25, 0.3) is 0 Å². The van der Waals surface area contributed by atoms with Crippen LogP contribution in [-0.2, 0) is 0 Å². The van der Waals surface area contributed by atoms with Crippen molar-refractivity contribution in [1.29, 1.82) is 5.26 Å². The lowest BCUT2D eigenvalue weighted by Crippen LogP contribution is -2.29. The molecule has 0 saturated carbocycles. The van der Waals surface area contributed by atoms with Gasteiger partial charge >= 0.3 is 0 Å². The predicted molar refractivity (Wildman–Crippen MR) is 64.2 cm³/mol. The van der Waals surface area contributed by atoms with E-state index in [4.69, 9.17) is 10.4 Å². The van der Waals surface area contributed by atoms with Crippen LogP contribution in [0, 0.1) is 17.1 Å². The Morgan fingerprint density at radius 3 is 2.88 bits per heavy atom. The van der Waals surface area contributed by atoms with Crippen molar-refractivity contribution in [3.05, 3.63) is 29.6 Å². The number of rotatable bonds is 6. The molecule has 0 spiro atoms. The molecular formula is C12H16FN3O. The Labute approximate surface area is 100 Å². The zero-order valence-electron chi connectivity index (χ0n) is 9.70. The SMILES string of the molecule is CC(O)CNCCNc1cccc(F)c1C#N. The fourth-order valence-electron chi connectivity index (χ4n) is 1.38. The Bertz CT molecular complexity index is 401. The van der Waals surface area contributed by atoms with Gasteiger partial charge in [-0.1, -0.05) is 6.07 Å². The minimum atomic E-state index is -0.519. The molecule has 4 nitrogen and oxygen atoms in total. The normalized spacial score (nSPS) is 11.9. The maximum atomic E-state index is 13.2. The second kappa shape index (κ2) is 6.84. The van der Waals surface area contributed by atoms with Crippen molar-refractivity contribution in [2.45, 2.75) is 13.0 Å². The number of hydrogen-bond acceptors (Lipinski definition) is 4. The van der Waals surface area contributed by atoms with Gasteiger partial charge in [0, 0.05) is 19.6 Å². The van der Waals surface area contributed by atoms with E-state index in [-0.39, 0.29) is 11.7 Å². The molecule has 5 heteroatoms. The van der Waals surface area contributed by atoms with Crippen LogP contribution < -0.4 is 10.6 Å². The van der Waals surface area contributed by atoms with Crippen LogP contribution >= 0.6 is 0 Å². The fraction of sp³-hybridized carbons (Fsp3) is 0.417. The molecular weight excluding hydrogens is 221 g/mol. The highest BCUT2D eigenvalue weighted by Gasteiger charge is 2.06. The summed E-state index contributed by atoms with van der Waals surface area (Å²) in [7, 11) is 0. The smallest absolute Gasteiger partial charge is 0.143 e. The van der Waals surface area contributed by atoms with Crippen molar-refractivity contribution in [3.8, 4) is 6.07 Å². The molecule has 92 valence electrons. The third-order valence-electron chi connectivity index (χ3n) is 2.18. The number of benzene rings is 1. The van der Waals surface area contributed by atoms with Gasteiger partial charge in [-0.2, -0.15) is 5.26 Å². The van der Waals surface area contributed by atoms with Gasteiger partial charge < -0.3 is 15.7 Å². The van der Waals surface area contributed by atoms with Gasteiger partial charge in [0.2, 0.25) is 0 Å². The predicted octanol–water partition coefficient (Wildman–Crippen LogP) is 1.08. The van der Waals surface area contributed by atoms with Crippen molar-refractivity contribution in [2.24, 2.45) is 0 Å². The van der Waals surface area contributed by atoms with Gasteiger partial charge in [0.25, 0.3) is 0 Å². The van der Waals surface area contributed by atoms with E-state index in [1.807, 2.05) is 6.07 Å². The first kappa shape index (κ1) is 13.4. The average molecular weight is 237 g/mol. The van der Waals surface area contributed by atoms with E-state index in [2.05, 4.69) is 10.6 Å². The molecule has 0 radical (unpaired) electrons. The van der Waals surface area contributed by atoms with Gasteiger partial charge in [0.1, 0.15) is 17.4 Å². The Kier molecular flexibility index (Phi) is 5.40. The number of aliphatic hydroxyl groups excluding tert-OH is 1. The first-order valence-corrected chi connectivity index (χ1v) is 5.46. The van der Waals surface area contributed by atoms with E-state index < -0.39 is 5.82 Å². The second-order valence-electron chi connectivity index (χ2n) is 3.75. The summed E-state index contributed by atoms with van der Waals surface area (Å²) in [6.07, 6.45) is -0.390. The van der Waals surface area contributed by atoms with E-state index in [1.54, 1.807) is 19.1 Å². The van der Waals surface area contributed by atoms with E-state index in [0.717, 1.165) is 0 Å². The molecule has 17 heavy (non-hydrogen) atoms. The molecule has 1 aromatic carbocycles. The Morgan fingerprint density at radius 1 is 1.47 bits per heavy atom. The lowest BCUT2D eigenvalue weighted by atomic mass is 10.2. The fourth-order valence-corrected chi connectivity index (χ4v) is 1.38. The molecule has 1 aromatic rings. The maximum Gasteiger partial charge on any atom is 0.143 e. The van der Waals surface area contributed by atoms with Crippen molar-refractivity contribution in [1.82, 2.24) is 5.32 Å². The number of aliphatic hydroxyl groups is 1. The highest BCUT2D eigenvalue weighted by molar-refractivity contribution is 5.57. The van der Waals surface area contributed by atoms with Crippen LogP contribution in [0.1, 0.15) is 12.5 Å². The average Bonchev–Trinajstić information content (AvgIpc) is 2.28. The van der Waals surface area contributed by atoms with E-state index in [1.165, 1.54) is 6.07 Å². The second-order valence-corrected chi connectivity index (χ2v) is 3.75. The van der Waals surface area contributed by atoms with E-state index in [0.29, 0.717) is 25.3 Å². The van der Waals surface area contributed by atoms with E-state index >= 15 is 0 Å². The first-order valence-electron chi connectivity index (χ1n) is 5.46. The quantitative estimate of drug-likeness (QED) is 0.648. The number of halogens is 1. The Hall–Kier alpha value is -1.64. The summed E-state index contributed by atoms with van der Waals surface area (Å²) in [5.74, 6) is -0.519. The van der Waals surface area contributed by atoms with Crippen LogP contribution in [0.5, 0.6) is 0 Å². The minimum absolute atomic E-state index is 0.0306. The molecule has 0 aromatic heterocycles. The van der Waals surface area contributed by atoms with Crippen molar-refractivity contribution in [3.63, 3.8) is 0 Å². The monoisotopic (exact) mass is 237 g/mol. The molecule has 0 amide bonds. The summed E-state index contributed by atoms with van der Waals surface area (Å²) in [6, 6.07) is 6.30. The number of nitrogens with zero attached hydrogens (tertiary/aromatic N) is 1. The molecule has 0 bridgehead atoms. The maximum absolute atomic E-state index is 13.2. The summed E-state index contributed by atoms with van der Waals surface area (Å²) in [5, 5.41) is 23.8. The van der Waals surface area contributed by atoms with Crippen molar-refractivity contribution in [2.75, 3.05) is 25.0 Å². The lowest BCUT2D eigenvalue weighted by Gasteiger charge is -2.10. The molecule has 0 aliphatic carbocycles. The van der Waals surface area contributed by atoms with Gasteiger partial charge in [0.15, 0.2) is 0 Å². The third-order valence-corrected chi connectivity index (χ3v) is 2.18. The largest absolute Gasteiger partial charge is 0.392 e. The van der Waals surface area contributed by atoms with Crippen LogP contribution in [-0.4, -0.2) is 30.8 Å². The number of nitriles is 1. The van der Waals surface area contributed by atoms with Gasteiger partial charge in [-0.3, -0.25) is 0 Å². The lowest BCUT2D eigenvalue weighted by molar-refractivity contribution is 0.192. The summed E-state index contributed by atoms with van der Waals surface area (Å²) in [6.45, 7) is 3.40. The topological polar surface area (TPSA) is 68.1 Å². The zero-order chi connectivity index (χ0) is 12.7. The van der Waals surface area contributed by atoms with Gasteiger partial charge in [-0.15, -0.1) is 0 Å². The molecule has 0 aliphatic heterocycles. The summed E-state index contributed by atoms with van der Waals surface area (Å²) in [4.78, 5) is 0. The summed E-state index contributed by atoms with van der Waals surface area (Å²) >= 11 is 0. The number of nitrogens with one attached hydrogen (secondary N) is 2. The zero-order valence-corrected chi connectivity index (χ0v) is 9.70. The molecule has 0 heterocycles. The van der Waals surface area contributed by atoms with Crippen molar-refractivity contribution >= 4 is 5.69 Å². The van der Waals surface area contributed by atoms with Crippen LogP contribution in [0.4, 0.5) is 10.1 Å². The van der Waals surface area contributed by atoms with Gasteiger partial charge in [-0.25, -0.2) is 4.39 Å². The number of hydrogen-bond donors (Lipinski definition) is 3. The standard InChI is InChI=1S/C12H16FN3O/c1-9(17)8-15-5-6-16-12-4-2-3-11(13)10(12)7-14/h2-4,9,15-17H,5-6,8H2,1H3. The van der Waals surface area contributed by atoms with E-state index in [9.17, 15) is 4.39 Å². The number of anilines is 1. The first-order chi connectivity index (χ1) is 8.15. The molecule has 1 atom stereocenters. The molecule has 1 unspecified atom stereocenters. The van der Waals surface area contributed by atoms with Crippen LogP contribution in [0.3, 0.4) is 0 Å². The molecule has 0 aliphatic rings. The van der Waals surface area contributed by atoms with Crippen molar-refractivity contribution < 1.29 is 9.50 Å². The van der Waals surface area contributed by atoms with Gasteiger partial charge in [-0.05, 0) is 19.1 Å². The van der Waals surface area contributed by atoms with Crippen LogP contribution in [0.15, 0.2) is 18.2 Å². The Morgan fingerprint density at radius 2 is 2.24 bits per heavy atom. The highest BCUT2D eigenvalue weighted by atomic mass is 19.1. The minimum Gasteiger partial charge on any atom is -0.392 e. The highest BCUT2D eigenvalue weighted by Crippen LogP contribution is 2.16. The molecule has 3 N–H and O–H groups in total. The third kappa shape index (κ3) is 4.39. The molecule has 0 fully saturated rings.